The maximum absolute atomic E-state index is 12.8. The van der Waals surface area contributed by atoms with Crippen molar-refractivity contribution in [2.75, 3.05) is 0 Å². The van der Waals surface area contributed by atoms with E-state index in [0.717, 1.165) is 51.4 Å². The SMILES string of the molecule is O=C(NC1CCCCC1NC(=O)C1CCCCCC1)C1CCCCCC1. The largest absolute Gasteiger partial charge is 0.351 e. The summed E-state index contributed by atoms with van der Waals surface area (Å²) in [6.07, 6.45) is 18.3. The lowest BCUT2D eigenvalue weighted by Gasteiger charge is -2.34. The van der Waals surface area contributed by atoms with E-state index < -0.39 is 0 Å². The molecule has 0 aromatic carbocycles. The van der Waals surface area contributed by atoms with Gasteiger partial charge in [0.05, 0.1) is 0 Å². The molecule has 148 valence electrons. The van der Waals surface area contributed by atoms with Gasteiger partial charge in [0.1, 0.15) is 0 Å². The number of nitrogens with one attached hydrogen (secondary N) is 2. The first kappa shape index (κ1) is 19.7. The van der Waals surface area contributed by atoms with Crippen LogP contribution in [0.15, 0.2) is 0 Å². The van der Waals surface area contributed by atoms with Crippen molar-refractivity contribution in [3.8, 4) is 0 Å². The number of amides is 2. The first-order valence-electron chi connectivity index (χ1n) is 11.3. The van der Waals surface area contributed by atoms with Gasteiger partial charge in [0.2, 0.25) is 11.8 Å². The monoisotopic (exact) mass is 362 g/mol. The van der Waals surface area contributed by atoms with Gasteiger partial charge in [-0.2, -0.15) is 0 Å². The van der Waals surface area contributed by atoms with Crippen LogP contribution in [0.5, 0.6) is 0 Å². The van der Waals surface area contributed by atoms with E-state index in [2.05, 4.69) is 10.6 Å². The van der Waals surface area contributed by atoms with Crippen molar-refractivity contribution in [3.63, 3.8) is 0 Å². The van der Waals surface area contributed by atoms with Gasteiger partial charge in [-0.3, -0.25) is 9.59 Å². The second-order valence-corrected chi connectivity index (χ2v) is 8.89. The van der Waals surface area contributed by atoms with Crippen LogP contribution in [-0.2, 0) is 9.59 Å². The quantitative estimate of drug-likeness (QED) is 0.725. The predicted octanol–water partition coefficient (Wildman–Crippen LogP) is 4.47. The summed E-state index contributed by atoms with van der Waals surface area (Å²) >= 11 is 0. The van der Waals surface area contributed by atoms with E-state index in [1.165, 1.54) is 51.4 Å². The zero-order valence-electron chi connectivity index (χ0n) is 16.4. The van der Waals surface area contributed by atoms with E-state index in [0.29, 0.717) is 0 Å². The molecule has 26 heavy (non-hydrogen) atoms. The minimum Gasteiger partial charge on any atom is -0.351 e. The average molecular weight is 363 g/mol. The van der Waals surface area contributed by atoms with Gasteiger partial charge in [-0.15, -0.1) is 0 Å². The molecule has 0 aromatic heterocycles. The highest BCUT2D eigenvalue weighted by Crippen LogP contribution is 2.26. The second-order valence-electron chi connectivity index (χ2n) is 8.89. The van der Waals surface area contributed by atoms with Crippen LogP contribution in [0.1, 0.15) is 103 Å². The van der Waals surface area contributed by atoms with E-state index >= 15 is 0 Å². The topological polar surface area (TPSA) is 58.2 Å². The first-order chi connectivity index (χ1) is 12.7. The molecule has 2 atom stereocenters. The third-order valence-electron chi connectivity index (χ3n) is 6.87. The van der Waals surface area contributed by atoms with E-state index in [1.807, 2.05) is 0 Å². The molecule has 2 amide bonds. The van der Waals surface area contributed by atoms with Crippen LogP contribution in [0.4, 0.5) is 0 Å². The van der Waals surface area contributed by atoms with Gasteiger partial charge >= 0.3 is 0 Å². The maximum Gasteiger partial charge on any atom is 0.223 e. The summed E-state index contributed by atoms with van der Waals surface area (Å²) in [5, 5.41) is 6.67. The lowest BCUT2D eigenvalue weighted by molar-refractivity contribution is -0.129. The Hall–Kier alpha value is -1.06. The van der Waals surface area contributed by atoms with E-state index in [4.69, 9.17) is 0 Å². The van der Waals surface area contributed by atoms with E-state index in [1.54, 1.807) is 0 Å². The van der Waals surface area contributed by atoms with Gasteiger partial charge in [0.25, 0.3) is 0 Å². The Balaban J connectivity index is 1.53. The Kier molecular flexibility index (Phi) is 7.82. The van der Waals surface area contributed by atoms with Crippen LogP contribution in [0.25, 0.3) is 0 Å². The second kappa shape index (κ2) is 10.3. The van der Waals surface area contributed by atoms with Gasteiger partial charge in [-0.05, 0) is 38.5 Å². The summed E-state index contributed by atoms with van der Waals surface area (Å²) in [5.74, 6) is 0.871. The highest BCUT2D eigenvalue weighted by atomic mass is 16.2. The van der Waals surface area contributed by atoms with Gasteiger partial charge in [0.15, 0.2) is 0 Å². The molecule has 0 saturated heterocycles. The first-order valence-corrected chi connectivity index (χ1v) is 11.3. The summed E-state index contributed by atoms with van der Waals surface area (Å²) < 4.78 is 0. The summed E-state index contributed by atoms with van der Waals surface area (Å²) in [5.41, 5.74) is 0. The molecule has 0 heterocycles. The molecule has 4 nitrogen and oxygen atoms in total. The van der Waals surface area contributed by atoms with Crippen molar-refractivity contribution in [1.29, 1.82) is 0 Å². The van der Waals surface area contributed by atoms with Crippen LogP contribution < -0.4 is 10.6 Å². The van der Waals surface area contributed by atoms with Crippen molar-refractivity contribution in [3.05, 3.63) is 0 Å². The highest BCUT2D eigenvalue weighted by Gasteiger charge is 2.31. The minimum atomic E-state index is 0.134. The molecular weight excluding hydrogens is 324 g/mol. The number of carbonyl (C=O) groups excluding carboxylic acids is 2. The zero-order chi connectivity index (χ0) is 18.2. The van der Waals surface area contributed by atoms with Crippen LogP contribution in [-0.4, -0.2) is 23.9 Å². The third-order valence-corrected chi connectivity index (χ3v) is 6.87. The predicted molar refractivity (Wildman–Crippen MR) is 105 cm³/mol. The van der Waals surface area contributed by atoms with Gasteiger partial charge in [-0.25, -0.2) is 0 Å². The molecule has 2 N–H and O–H groups in total. The van der Waals surface area contributed by atoms with Crippen molar-refractivity contribution in [2.24, 2.45) is 11.8 Å². The molecule has 3 aliphatic rings. The molecule has 2 unspecified atom stereocenters. The fourth-order valence-corrected chi connectivity index (χ4v) is 5.16. The maximum atomic E-state index is 12.8. The molecule has 3 fully saturated rings. The van der Waals surface area contributed by atoms with Crippen LogP contribution in [0, 0.1) is 11.8 Å². The summed E-state index contributed by atoms with van der Waals surface area (Å²) in [4.78, 5) is 25.5. The lowest BCUT2D eigenvalue weighted by Crippen LogP contribution is -2.55. The fraction of sp³-hybridized carbons (Fsp3) is 0.909. The van der Waals surface area contributed by atoms with Crippen LogP contribution >= 0.6 is 0 Å². The van der Waals surface area contributed by atoms with Crippen molar-refractivity contribution in [2.45, 2.75) is 115 Å². The summed E-state index contributed by atoms with van der Waals surface area (Å²) in [7, 11) is 0. The lowest BCUT2D eigenvalue weighted by atomic mass is 9.88. The third kappa shape index (κ3) is 5.72. The smallest absolute Gasteiger partial charge is 0.223 e. The normalized spacial score (nSPS) is 29.4. The summed E-state index contributed by atoms with van der Waals surface area (Å²) in [6, 6.07) is 0.267. The van der Waals surface area contributed by atoms with Crippen molar-refractivity contribution in [1.82, 2.24) is 10.6 Å². The molecular formula is C22H38N2O2. The standard InChI is InChI=1S/C22H38N2O2/c25-21(17-11-5-1-2-6-12-17)23-19-15-9-10-16-20(19)24-22(26)18-13-7-3-4-8-14-18/h17-20H,1-16H2,(H,23,25)(H,24,26). The van der Waals surface area contributed by atoms with Gasteiger partial charge in [-0.1, -0.05) is 64.2 Å². The van der Waals surface area contributed by atoms with Crippen LogP contribution in [0.3, 0.4) is 0 Å². The zero-order valence-corrected chi connectivity index (χ0v) is 16.4. The average Bonchev–Trinajstić information content (AvgIpc) is 3.08. The van der Waals surface area contributed by atoms with E-state index in [9.17, 15) is 9.59 Å². The van der Waals surface area contributed by atoms with Gasteiger partial charge < -0.3 is 10.6 Å². The Bertz CT molecular complexity index is 407. The molecule has 0 radical (unpaired) electrons. The van der Waals surface area contributed by atoms with Crippen LogP contribution in [0.2, 0.25) is 0 Å². The molecule has 0 spiro atoms. The minimum absolute atomic E-state index is 0.134. The Morgan fingerprint density at radius 3 is 1.12 bits per heavy atom. The van der Waals surface area contributed by atoms with Gasteiger partial charge in [0, 0.05) is 23.9 Å². The fourth-order valence-electron chi connectivity index (χ4n) is 5.16. The summed E-state index contributed by atoms with van der Waals surface area (Å²) in [6.45, 7) is 0. The Morgan fingerprint density at radius 1 is 0.462 bits per heavy atom. The Labute approximate surface area is 159 Å². The molecule has 0 bridgehead atoms. The van der Waals surface area contributed by atoms with E-state index in [-0.39, 0.29) is 35.7 Å². The number of hydrogen-bond donors (Lipinski definition) is 2. The highest BCUT2D eigenvalue weighted by molar-refractivity contribution is 5.80. The molecule has 3 saturated carbocycles. The number of hydrogen-bond acceptors (Lipinski definition) is 2. The molecule has 4 heteroatoms. The number of carbonyl (C=O) groups is 2. The molecule has 3 aliphatic carbocycles. The molecule has 0 aliphatic heterocycles. The molecule has 3 rings (SSSR count). The Morgan fingerprint density at radius 2 is 0.769 bits per heavy atom. The van der Waals surface area contributed by atoms with Crippen molar-refractivity contribution < 1.29 is 9.59 Å². The molecule has 0 aromatic rings. The van der Waals surface area contributed by atoms with Crippen molar-refractivity contribution >= 4 is 11.8 Å². The number of rotatable bonds is 4.